The predicted octanol–water partition coefficient (Wildman–Crippen LogP) is 9.15. The van der Waals surface area contributed by atoms with E-state index < -0.39 is 0 Å². The van der Waals surface area contributed by atoms with Gasteiger partial charge in [0, 0.05) is 39.1 Å². The molecule has 0 saturated carbocycles. The molecule has 1 amide bonds. The zero-order valence-electron chi connectivity index (χ0n) is 43.1. The molecule has 0 unspecified atom stereocenters. The van der Waals surface area contributed by atoms with Gasteiger partial charge in [-0.2, -0.15) is 9.97 Å². The van der Waals surface area contributed by atoms with Crippen molar-refractivity contribution in [2.24, 2.45) is 0 Å². The topological polar surface area (TPSA) is 150 Å². The Bertz CT molecular complexity index is 1880. The van der Waals surface area contributed by atoms with Crippen LogP contribution >= 0.6 is 0 Å². The van der Waals surface area contributed by atoms with Crippen LogP contribution in [0.5, 0.6) is 6.01 Å². The molecule has 68 heavy (non-hydrogen) atoms. The van der Waals surface area contributed by atoms with Crippen molar-refractivity contribution in [2.45, 2.75) is 163 Å². The van der Waals surface area contributed by atoms with Crippen molar-refractivity contribution in [2.75, 3.05) is 104 Å². The Kier molecular flexibility index (Phi) is 28.7. The van der Waals surface area contributed by atoms with Crippen LogP contribution in [0, 0.1) is 0 Å². The van der Waals surface area contributed by atoms with E-state index in [4.69, 9.17) is 14.2 Å². The van der Waals surface area contributed by atoms with Crippen LogP contribution in [0.15, 0.2) is 29.1 Å². The molecule has 384 valence electrons. The van der Waals surface area contributed by atoms with Crippen molar-refractivity contribution < 1.29 is 23.8 Å². The van der Waals surface area contributed by atoms with E-state index in [1.54, 1.807) is 10.6 Å². The highest BCUT2D eigenvalue weighted by atomic mass is 16.5. The Morgan fingerprint density at radius 3 is 1.97 bits per heavy atom. The predicted molar refractivity (Wildman–Crippen MR) is 276 cm³/mol. The summed E-state index contributed by atoms with van der Waals surface area (Å²) in [4.78, 5) is 61.4. The van der Waals surface area contributed by atoms with Crippen LogP contribution in [0.1, 0.15) is 166 Å². The minimum atomic E-state index is -0.358. The fourth-order valence-corrected chi connectivity index (χ4v) is 9.11. The van der Waals surface area contributed by atoms with Gasteiger partial charge in [-0.05, 0) is 115 Å². The number of ether oxygens (including phenoxy) is 3. The molecule has 1 fully saturated rings. The number of fused-ring (bicyclic) bond motifs is 1. The lowest BCUT2D eigenvalue weighted by Crippen LogP contribution is -2.38. The number of carbonyl (C=O) groups is 2. The summed E-state index contributed by atoms with van der Waals surface area (Å²) in [6, 6.07) is 7.71. The van der Waals surface area contributed by atoms with Gasteiger partial charge in [0.1, 0.15) is 5.52 Å². The molecule has 15 nitrogen and oxygen atoms in total. The van der Waals surface area contributed by atoms with Gasteiger partial charge < -0.3 is 34.3 Å². The minimum absolute atomic E-state index is 0.142. The van der Waals surface area contributed by atoms with Crippen LogP contribution in [0.3, 0.4) is 0 Å². The van der Waals surface area contributed by atoms with Gasteiger partial charge >= 0.3 is 17.7 Å². The summed E-state index contributed by atoms with van der Waals surface area (Å²) in [5.41, 5.74) is 2.05. The molecule has 0 radical (unpaired) electrons. The van der Waals surface area contributed by atoms with Gasteiger partial charge in [-0.1, -0.05) is 110 Å². The van der Waals surface area contributed by atoms with Crippen LogP contribution in [0.4, 0.5) is 5.82 Å². The molecule has 1 aromatic carbocycles. The average molecular weight is 950 g/mol. The van der Waals surface area contributed by atoms with E-state index in [2.05, 4.69) is 67.6 Å². The first-order valence-electron chi connectivity index (χ1n) is 26.9. The van der Waals surface area contributed by atoms with Crippen molar-refractivity contribution in [1.29, 1.82) is 0 Å². The van der Waals surface area contributed by atoms with Crippen LogP contribution in [0.25, 0.3) is 11.2 Å². The number of amides is 1. The number of aromatic nitrogens is 4. The number of unbranched alkanes of at least 4 members (excludes halogenated alkanes) is 12. The first-order chi connectivity index (χ1) is 33.3. The van der Waals surface area contributed by atoms with E-state index in [1.807, 2.05) is 18.2 Å². The molecular formula is C53H91N9O6. The molecule has 15 heteroatoms. The van der Waals surface area contributed by atoms with E-state index in [9.17, 15) is 14.4 Å². The number of nitrogens with zero attached hydrogens (tertiary/aromatic N) is 7. The lowest BCUT2D eigenvalue weighted by Gasteiger charge is -2.28. The summed E-state index contributed by atoms with van der Waals surface area (Å²) in [5.74, 6) is -0.233. The number of imidazole rings is 1. The first kappa shape index (κ1) is 56.7. The van der Waals surface area contributed by atoms with Crippen molar-refractivity contribution in [3.63, 3.8) is 0 Å². The molecule has 1 aliphatic rings. The van der Waals surface area contributed by atoms with Crippen molar-refractivity contribution in [3.8, 4) is 6.01 Å². The highest BCUT2D eigenvalue weighted by Gasteiger charge is 2.19. The zero-order chi connectivity index (χ0) is 48.6. The molecule has 1 aliphatic heterocycles. The number of nitrogens with one attached hydrogen (secondary N) is 2. The van der Waals surface area contributed by atoms with Crippen molar-refractivity contribution in [3.05, 3.63) is 45.9 Å². The van der Waals surface area contributed by atoms with Crippen molar-refractivity contribution >= 4 is 28.9 Å². The van der Waals surface area contributed by atoms with E-state index >= 15 is 0 Å². The number of benzene rings is 1. The summed E-state index contributed by atoms with van der Waals surface area (Å²) < 4.78 is 18.1. The van der Waals surface area contributed by atoms with Crippen LogP contribution in [0.2, 0.25) is 0 Å². The summed E-state index contributed by atoms with van der Waals surface area (Å²) in [6.07, 6.45) is 21.5. The third kappa shape index (κ3) is 21.8. The summed E-state index contributed by atoms with van der Waals surface area (Å²) >= 11 is 0. The number of aromatic amines is 1. The Morgan fingerprint density at radius 1 is 0.721 bits per heavy atom. The number of carbonyl (C=O) groups excluding carboxylic acids is 2. The number of methoxy groups -OCH3 is 1. The third-order valence-corrected chi connectivity index (χ3v) is 13.3. The normalized spacial score (nSPS) is 13.4. The monoisotopic (exact) mass is 950 g/mol. The van der Waals surface area contributed by atoms with Gasteiger partial charge in [-0.3, -0.25) is 19.2 Å². The molecule has 3 aromatic rings. The maximum atomic E-state index is 13.5. The quantitative estimate of drug-likeness (QED) is 0.0415. The van der Waals surface area contributed by atoms with Gasteiger partial charge in [-0.15, -0.1) is 0 Å². The fraction of sp³-hybridized carbons (Fsp3) is 0.755. The lowest BCUT2D eigenvalue weighted by atomic mass is 10.1. The van der Waals surface area contributed by atoms with Gasteiger partial charge in [-0.25, -0.2) is 9.59 Å². The molecule has 0 atom stereocenters. The second-order valence-electron chi connectivity index (χ2n) is 18.7. The molecule has 3 heterocycles. The molecule has 1 saturated heterocycles. The Morgan fingerprint density at radius 2 is 1.32 bits per heavy atom. The average Bonchev–Trinajstić information content (AvgIpc) is 3.67. The Labute approximate surface area is 409 Å². The van der Waals surface area contributed by atoms with E-state index in [0.29, 0.717) is 55.8 Å². The summed E-state index contributed by atoms with van der Waals surface area (Å²) in [6.45, 7) is 23.0. The Hall–Kier alpha value is -3.89. The number of hydrogen-bond donors (Lipinski definition) is 2. The highest BCUT2D eigenvalue weighted by molar-refractivity contribution is 5.97. The highest BCUT2D eigenvalue weighted by Crippen LogP contribution is 2.22. The molecule has 2 N–H and O–H groups in total. The van der Waals surface area contributed by atoms with Gasteiger partial charge in [0.25, 0.3) is 0 Å². The van der Waals surface area contributed by atoms with E-state index in [0.717, 1.165) is 116 Å². The number of esters is 1. The number of aryl methyl sites for hydroxylation is 1. The lowest BCUT2D eigenvalue weighted by molar-refractivity contribution is -0.116. The maximum absolute atomic E-state index is 13.5. The standard InChI is InChI=1S/C53H91N9O6/c1-6-10-12-13-14-15-16-17-18-21-30-58(8-3)32-24-33-59(9-4)31-22-19-20-29-47(63)54-49-48-50(57-52(56-49)68-40-11-7-2)62(53(65)55-48)37-26-36-61(35-25-34-60-38-41-67-42-39-60)44-45-27-23-28-46(43-45)51(64)66-5/h23,27-28,43H,6-22,24-26,29-42,44H2,1-5H3,(H,55,65)(H,54,56,57,63). The molecule has 0 bridgehead atoms. The van der Waals surface area contributed by atoms with Crippen LogP contribution in [-0.4, -0.2) is 150 Å². The number of anilines is 1. The number of rotatable bonds is 39. The molecule has 4 rings (SSSR count). The molecule has 0 aliphatic carbocycles. The summed E-state index contributed by atoms with van der Waals surface area (Å²) in [7, 11) is 1.39. The van der Waals surface area contributed by atoms with Gasteiger partial charge in [0.2, 0.25) is 5.91 Å². The largest absolute Gasteiger partial charge is 0.465 e. The maximum Gasteiger partial charge on any atom is 0.337 e. The van der Waals surface area contributed by atoms with E-state index in [1.165, 1.54) is 84.3 Å². The van der Waals surface area contributed by atoms with Crippen LogP contribution in [-0.2, 0) is 27.4 Å². The van der Waals surface area contributed by atoms with Gasteiger partial charge in [0.05, 0.1) is 32.5 Å². The van der Waals surface area contributed by atoms with Crippen molar-refractivity contribution in [1.82, 2.24) is 39.1 Å². The molecular weight excluding hydrogens is 859 g/mol. The van der Waals surface area contributed by atoms with Crippen LogP contribution < -0.4 is 15.7 Å². The van der Waals surface area contributed by atoms with Gasteiger partial charge in [0.15, 0.2) is 11.5 Å². The fourth-order valence-electron chi connectivity index (χ4n) is 9.11. The Balaban J connectivity index is 1.26. The zero-order valence-corrected chi connectivity index (χ0v) is 43.1. The SMILES string of the molecule is CCCCCCCCCCCCN(CC)CCCN(CC)CCCCCC(=O)Nc1nc(OCCCC)nc2c1[nH]c(=O)n2CCCN(CCCN1CCOCC1)Cc1cccc(C(=O)OC)c1. The van der Waals surface area contributed by atoms with E-state index in [-0.39, 0.29) is 29.4 Å². The smallest absolute Gasteiger partial charge is 0.337 e. The molecule has 0 spiro atoms. The number of H-pyrrole nitrogens is 1. The number of morpholine rings is 1. The summed E-state index contributed by atoms with van der Waals surface area (Å²) in [5, 5.41) is 2.99. The first-order valence-corrected chi connectivity index (χ1v) is 26.9. The minimum Gasteiger partial charge on any atom is -0.465 e. The molecule has 2 aromatic heterocycles. The number of hydrogen-bond acceptors (Lipinski definition) is 12. The second kappa shape index (κ2) is 34.4. The third-order valence-electron chi connectivity index (χ3n) is 13.3. The second-order valence-corrected chi connectivity index (χ2v) is 18.7.